The number of aromatic nitrogens is 2. The first-order chi connectivity index (χ1) is 16.3. The second-order valence-corrected chi connectivity index (χ2v) is 9.02. The first kappa shape index (κ1) is 22.1. The predicted octanol–water partition coefficient (Wildman–Crippen LogP) is 0.929. The minimum Gasteiger partial charge on any atom is -0.543 e. The smallest absolute Gasteiger partial charge is 0.267 e. The maximum atomic E-state index is 12.2. The molecule has 0 bridgehead atoms. The molecule has 8 heteroatoms. The van der Waals surface area contributed by atoms with Crippen LogP contribution in [0.5, 0.6) is 0 Å². The van der Waals surface area contributed by atoms with Crippen LogP contribution in [0.25, 0.3) is 16.6 Å². The molecule has 8 nitrogen and oxygen atoms in total. The number of rotatable bonds is 4. The fourth-order valence-electron chi connectivity index (χ4n) is 4.67. The number of amides is 1. The quantitative estimate of drug-likeness (QED) is 0.585. The molecule has 0 unspecified atom stereocenters. The lowest BCUT2D eigenvalue weighted by atomic mass is 10.0. The Balaban J connectivity index is 1.50. The van der Waals surface area contributed by atoms with E-state index in [4.69, 9.17) is 0 Å². The second-order valence-electron chi connectivity index (χ2n) is 9.02. The zero-order valence-electron chi connectivity index (χ0n) is 19.0. The summed E-state index contributed by atoms with van der Waals surface area (Å²) >= 11 is 0. The monoisotopic (exact) mass is 457 g/mol. The molecule has 0 spiro atoms. The van der Waals surface area contributed by atoms with Crippen LogP contribution in [0.3, 0.4) is 0 Å². The highest BCUT2D eigenvalue weighted by molar-refractivity contribution is 6.01. The van der Waals surface area contributed by atoms with Gasteiger partial charge in [0.1, 0.15) is 5.69 Å². The van der Waals surface area contributed by atoms with Gasteiger partial charge in [0.25, 0.3) is 5.91 Å². The molecule has 2 aliphatic rings. The largest absolute Gasteiger partial charge is 0.543 e. The number of hydrogen-bond donors (Lipinski definition) is 1. The normalized spacial score (nSPS) is 20.6. The number of carbonyl (C=O) groups excluding carboxylic acids is 2. The summed E-state index contributed by atoms with van der Waals surface area (Å²) < 4.78 is 1.56. The highest BCUT2D eigenvalue weighted by atomic mass is 16.4. The lowest BCUT2D eigenvalue weighted by Gasteiger charge is -2.14. The molecular formula is C26H25N4O4-. The molecular weight excluding hydrogens is 432 g/mol. The lowest BCUT2D eigenvalue weighted by Crippen LogP contribution is -2.37. The Labute approximate surface area is 197 Å². The summed E-state index contributed by atoms with van der Waals surface area (Å²) in [5.41, 5.74) is 1.10. The van der Waals surface area contributed by atoms with Gasteiger partial charge in [-0.25, -0.2) is 4.68 Å². The van der Waals surface area contributed by atoms with Crippen LogP contribution in [0.1, 0.15) is 40.9 Å². The third kappa shape index (κ3) is 4.04. The van der Waals surface area contributed by atoms with Crippen molar-refractivity contribution in [2.24, 2.45) is 0 Å². The third-order valence-corrected chi connectivity index (χ3v) is 6.56. The average molecular weight is 458 g/mol. The maximum Gasteiger partial charge on any atom is 0.267 e. The maximum absolute atomic E-state index is 12.2. The first-order valence-corrected chi connectivity index (χ1v) is 11.4. The summed E-state index contributed by atoms with van der Waals surface area (Å²) in [6, 6.07) is 12.9. The van der Waals surface area contributed by atoms with Gasteiger partial charge in [0.15, 0.2) is 0 Å². The van der Waals surface area contributed by atoms with Crippen LogP contribution in [0.4, 0.5) is 0 Å². The Bertz CT molecular complexity index is 1350. The van der Waals surface area contributed by atoms with Crippen molar-refractivity contribution in [3.63, 3.8) is 0 Å². The van der Waals surface area contributed by atoms with E-state index in [1.54, 1.807) is 36.0 Å². The summed E-state index contributed by atoms with van der Waals surface area (Å²) in [6.07, 6.45) is 2.63. The van der Waals surface area contributed by atoms with Crippen molar-refractivity contribution in [3.8, 4) is 17.5 Å². The van der Waals surface area contributed by atoms with Gasteiger partial charge in [-0.05, 0) is 61.8 Å². The van der Waals surface area contributed by atoms with Crippen LogP contribution in [-0.2, 0) is 11.3 Å². The highest BCUT2D eigenvalue weighted by Gasteiger charge is 2.42. The molecule has 0 saturated carbocycles. The molecule has 0 aliphatic carbocycles. The molecule has 2 aromatic carbocycles. The van der Waals surface area contributed by atoms with Gasteiger partial charge >= 0.3 is 0 Å². The molecule has 0 radical (unpaired) electrons. The van der Waals surface area contributed by atoms with Crippen molar-refractivity contribution in [2.75, 3.05) is 26.7 Å². The average Bonchev–Trinajstić information content (AvgIpc) is 3.54. The number of carboxylic acid groups (broad SMARTS) is 1. The van der Waals surface area contributed by atoms with Crippen molar-refractivity contribution in [3.05, 3.63) is 59.3 Å². The van der Waals surface area contributed by atoms with Gasteiger partial charge in [-0.1, -0.05) is 24.0 Å². The molecule has 1 N–H and O–H groups in total. The van der Waals surface area contributed by atoms with Gasteiger partial charge in [-0.15, -0.1) is 0 Å². The van der Waals surface area contributed by atoms with E-state index in [-0.39, 0.29) is 12.1 Å². The molecule has 1 amide bonds. The summed E-state index contributed by atoms with van der Waals surface area (Å²) in [6.45, 7) is 3.33. The van der Waals surface area contributed by atoms with Gasteiger partial charge in [0.2, 0.25) is 5.60 Å². The van der Waals surface area contributed by atoms with Crippen LogP contribution >= 0.6 is 0 Å². The van der Waals surface area contributed by atoms with Gasteiger partial charge in [0.05, 0.1) is 17.2 Å². The topological polar surface area (TPSA) is 102 Å². The molecule has 3 heterocycles. The summed E-state index contributed by atoms with van der Waals surface area (Å²) in [7, 11) is 1.64. The van der Waals surface area contributed by atoms with E-state index >= 15 is 0 Å². The SMILES string of the molecule is CN1CC[C@@](O)(C#Cc2cccc(-n3nc(C(=O)[O-])c4cc(CN5CCCC5)ccc43)c2)C1=O. The number of likely N-dealkylation sites (N-methyl/N-ethyl adjacent to an activating group) is 1. The first-order valence-electron chi connectivity index (χ1n) is 11.4. The predicted molar refractivity (Wildman–Crippen MR) is 124 cm³/mol. The molecule has 2 saturated heterocycles. The zero-order valence-corrected chi connectivity index (χ0v) is 19.0. The minimum atomic E-state index is -1.68. The van der Waals surface area contributed by atoms with Crippen LogP contribution in [-0.4, -0.2) is 68.8 Å². The summed E-state index contributed by atoms with van der Waals surface area (Å²) in [5.74, 6) is 3.87. The Kier molecular flexibility index (Phi) is 5.60. The number of carboxylic acids is 1. The Morgan fingerprint density at radius 2 is 1.97 bits per heavy atom. The molecule has 1 atom stereocenters. The highest BCUT2D eigenvalue weighted by Crippen LogP contribution is 2.26. The minimum absolute atomic E-state index is 0.108. The van der Waals surface area contributed by atoms with Crippen molar-refractivity contribution in [1.82, 2.24) is 19.6 Å². The van der Waals surface area contributed by atoms with E-state index in [1.807, 2.05) is 18.2 Å². The summed E-state index contributed by atoms with van der Waals surface area (Å²) in [4.78, 5) is 27.8. The number of nitrogens with zero attached hydrogens (tertiary/aromatic N) is 4. The van der Waals surface area contributed by atoms with Gasteiger partial charge in [-0.2, -0.15) is 5.10 Å². The third-order valence-electron chi connectivity index (χ3n) is 6.56. The molecule has 5 rings (SSSR count). The van der Waals surface area contributed by atoms with Gasteiger partial charge < -0.3 is 19.9 Å². The van der Waals surface area contributed by atoms with Crippen LogP contribution < -0.4 is 5.11 Å². The number of likely N-dealkylation sites (tertiary alicyclic amines) is 2. The van der Waals surface area contributed by atoms with E-state index < -0.39 is 17.5 Å². The van der Waals surface area contributed by atoms with Crippen molar-refractivity contribution < 1.29 is 19.8 Å². The van der Waals surface area contributed by atoms with Crippen LogP contribution in [0, 0.1) is 11.8 Å². The molecule has 3 aromatic rings. The van der Waals surface area contributed by atoms with E-state index in [2.05, 4.69) is 21.8 Å². The van der Waals surface area contributed by atoms with E-state index in [0.717, 1.165) is 25.2 Å². The number of aliphatic hydroxyl groups is 1. The van der Waals surface area contributed by atoms with Crippen molar-refractivity contribution in [2.45, 2.75) is 31.4 Å². The number of benzene rings is 2. The molecule has 34 heavy (non-hydrogen) atoms. The summed E-state index contributed by atoms with van der Waals surface area (Å²) in [5, 5.41) is 27.3. The van der Waals surface area contributed by atoms with E-state index in [1.165, 1.54) is 17.7 Å². The van der Waals surface area contributed by atoms with Crippen LogP contribution in [0.15, 0.2) is 42.5 Å². The number of fused-ring (bicyclic) bond motifs is 1. The van der Waals surface area contributed by atoms with Crippen LogP contribution in [0.2, 0.25) is 0 Å². The standard InChI is InChI=1S/C26H26N4O4/c1-28-14-11-26(34,25(28)33)10-9-18-5-4-6-20(15-18)30-22-8-7-19(17-29-12-2-3-13-29)16-21(22)23(27-30)24(31)32/h4-8,15-16,34H,2-3,11-14,17H2,1H3,(H,31,32)/p-1/t26-/m0/s1. The van der Waals surface area contributed by atoms with Crippen molar-refractivity contribution in [1.29, 1.82) is 0 Å². The molecule has 2 aliphatic heterocycles. The molecule has 2 fully saturated rings. The number of carbonyl (C=O) groups is 2. The Morgan fingerprint density at radius 3 is 2.68 bits per heavy atom. The second kappa shape index (κ2) is 8.60. The molecule has 174 valence electrons. The fraction of sp³-hybridized carbons (Fsp3) is 0.346. The van der Waals surface area contributed by atoms with Gasteiger partial charge in [0, 0.05) is 37.5 Å². The van der Waals surface area contributed by atoms with E-state index in [0.29, 0.717) is 28.7 Å². The number of hydrogen-bond acceptors (Lipinski definition) is 6. The van der Waals surface area contributed by atoms with Gasteiger partial charge in [-0.3, -0.25) is 9.69 Å². The van der Waals surface area contributed by atoms with Crippen molar-refractivity contribution >= 4 is 22.8 Å². The number of aromatic carboxylic acids is 1. The Hall–Kier alpha value is -3.67. The lowest BCUT2D eigenvalue weighted by molar-refractivity contribution is -0.255. The van der Waals surface area contributed by atoms with E-state index in [9.17, 15) is 19.8 Å². The fourth-order valence-corrected chi connectivity index (χ4v) is 4.67. The molecule has 1 aromatic heterocycles. The Morgan fingerprint density at radius 1 is 1.18 bits per heavy atom. The zero-order chi connectivity index (χ0) is 23.9.